The van der Waals surface area contributed by atoms with Crippen LogP contribution in [0.2, 0.25) is 51.4 Å². The van der Waals surface area contributed by atoms with Gasteiger partial charge < -0.3 is 38.1 Å². The summed E-state index contributed by atoms with van der Waals surface area (Å²) in [6.07, 6.45) is 13.2. The molecule has 11 heterocycles. The van der Waals surface area contributed by atoms with Crippen molar-refractivity contribution in [3.8, 4) is 11.3 Å². The summed E-state index contributed by atoms with van der Waals surface area (Å²) in [7, 11) is 5.92. The van der Waals surface area contributed by atoms with Gasteiger partial charge in [0.2, 0.25) is 29.5 Å². The summed E-state index contributed by atoms with van der Waals surface area (Å²) >= 11 is 6.57. The second-order valence-electron chi connectivity index (χ2n) is 39.1. The molecule has 7 aliphatic rings. The quantitative estimate of drug-likeness (QED) is 0.0293. The summed E-state index contributed by atoms with van der Waals surface area (Å²) in [5, 5.41) is 13.6. The Hall–Kier alpha value is -10.9. The number of carbonyl (C=O) groups excluding carboxylic acids is 5. The molecule has 29 nitrogen and oxygen atoms in total. The van der Waals surface area contributed by atoms with Gasteiger partial charge >= 0.3 is 0 Å². The van der Waals surface area contributed by atoms with Gasteiger partial charge in [0, 0.05) is 129 Å². The summed E-state index contributed by atoms with van der Waals surface area (Å²) in [4.78, 5) is 108. The van der Waals surface area contributed by atoms with Crippen LogP contribution in [0, 0.1) is 27.7 Å². The molecule has 2 aliphatic carbocycles. The molecule has 8 atom stereocenters. The predicted molar refractivity (Wildman–Crippen MR) is 532 cm³/mol. The van der Waals surface area contributed by atoms with Crippen LogP contribution in [-0.2, 0) is 86.9 Å². The molecule has 0 radical (unpaired) electrons. The molecule has 133 heavy (non-hydrogen) atoms. The number of nitrogens with zero attached hydrogens (tertiary/aromatic N) is 17. The van der Waals surface area contributed by atoms with Crippen LogP contribution in [-0.4, -0.2) is 183 Å². The van der Waals surface area contributed by atoms with E-state index in [0.717, 1.165) is 115 Å². The maximum Gasteiger partial charge on any atom is 0.270 e. The molecule has 2 saturated carbocycles. The van der Waals surface area contributed by atoms with Gasteiger partial charge in [-0.3, -0.25) is 53.5 Å². The third-order valence-corrected chi connectivity index (χ3v) is 32.4. The van der Waals surface area contributed by atoms with Crippen molar-refractivity contribution in [2.75, 3.05) is 48.5 Å². The number of hydrogen-bond donors (Lipinski definition) is 5. The molecule has 6 aromatic heterocycles. The Morgan fingerprint density at radius 1 is 0.504 bits per heavy atom. The number of alkyl halides is 2. The topological polar surface area (TPSA) is 386 Å². The number of aryl methyl sites for hydroxylation is 3. The Bertz CT molecular complexity index is 5760. The van der Waals surface area contributed by atoms with Crippen LogP contribution in [0.5, 0.6) is 0 Å². The number of pyridine rings is 1. The van der Waals surface area contributed by atoms with E-state index in [1.54, 1.807) is 77.3 Å². The Balaban J connectivity index is 0.000000153. The first-order chi connectivity index (χ1) is 62.3. The van der Waals surface area contributed by atoms with Gasteiger partial charge in [0.1, 0.15) is 41.9 Å². The molecular weight excluding hydrogens is 1820 g/mol. The van der Waals surface area contributed by atoms with Crippen LogP contribution >= 0.6 is 38.6 Å². The molecule has 2 fully saturated rings. The van der Waals surface area contributed by atoms with E-state index >= 15 is 0 Å². The third kappa shape index (κ3) is 22.5. The molecule has 10 N–H and O–H groups in total. The van der Waals surface area contributed by atoms with E-state index in [1.165, 1.54) is 96.7 Å². The van der Waals surface area contributed by atoms with Crippen LogP contribution in [0.4, 0.5) is 8.78 Å². The van der Waals surface area contributed by atoms with E-state index < -0.39 is 67.5 Å². The predicted octanol–water partition coefficient (Wildman–Crippen LogP) is 16.0. The molecule has 16 rings (SSSR count). The van der Waals surface area contributed by atoms with Gasteiger partial charge in [-0.2, -0.15) is 10.2 Å². The van der Waals surface area contributed by atoms with Gasteiger partial charge in [0.15, 0.2) is 29.8 Å². The number of nitrogens with two attached hydrogens (primary N) is 5. The third-order valence-electron chi connectivity index (χ3n) is 26.2. The fraction of sp³-hybridized carbons (Fsp3) is 0.474. The zero-order chi connectivity index (χ0) is 97.3. The lowest BCUT2D eigenvalue weighted by Crippen LogP contribution is -2.52. The molecule has 5 aliphatic heterocycles. The van der Waals surface area contributed by atoms with Crippen LogP contribution < -0.4 is 28.7 Å². The monoisotopic (exact) mass is 1950 g/mol. The van der Waals surface area contributed by atoms with E-state index in [0.29, 0.717) is 43.2 Å². The molecule has 710 valence electrons. The number of rotatable bonds is 23. The molecule has 9 aromatic rings. The number of benzene rings is 3. The molecule has 1 unspecified atom stereocenters. The molecular formula is C97H129BrF2N22O7S2Si2. The van der Waals surface area contributed by atoms with Crippen molar-refractivity contribution >= 4 is 114 Å². The van der Waals surface area contributed by atoms with Crippen LogP contribution in [0.15, 0.2) is 161 Å². The number of aliphatic imine (C=N–C) groups is 5. The van der Waals surface area contributed by atoms with E-state index in [-0.39, 0.29) is 65.4 Å². The highest BCUT2D eigenvalue weighted by molar-refractivity contribution is 9.11. The van der Waals surface area contributed by atoms with Crippen molar-refractivity contribution < 1.29 is 42.2 Å². The largest absolute Gasteiger partial charge is 0.369 e. The first-order valence-electron chi connectivity index (χ1n) is 44.9. The summed E-state index contributed by atoms with van der Waals surface area (Å²) in [6.45, 7) is 37.0. The lowest BCUT2D eigenvalue weighted by Gasteiger charge is -2.41. The van der Waals surface area contributed by atoms with Crippen molar-refractivity contribution in [1.82, 2.24) is 59.0 Å². The van der Waals surface area contributed by atoms with Gasteiger partial charge in [-0.25, -0.2) is 53.1 Å². The van der Waals surface area contributed by atoms with Crippen LogP contribution in [0.25, 0.3) is 11.3 Å². The van der Waals surface area contributed by atoms with Crippen molar-refractivity contribution in [3.63, 3.8) is 0 Å². The molecule has 36 heteroatoms. The minimum Gasteiger partial charge on any atom is -0.369 e. The number of carbonyl (C=O) groups is 5. The highest BCUT2D eigenvalue weighted by Gasteiger charge is 2.53. The minimum absolute atomic E-state index is 0.0199. The molecule has 0 spiro atoms. The van der Waals surface area contributed by atoms with E-state index in [4.69, 9.17) is 58.3 Å². The second-order valence-corrected chi connectivity index (χ2v) is 53.6. The maximum atomic E-state index is 13.6. The van der Waals surface area contributed by atoms with E-state index in [2.05, 4.69) is 152 Å². The van der Waals surface area contributed by atoms with Gasteiger partial charge in [0.25, 0.3) is 5.92 Å². The van der Waals surface area contributed by atoms with Crippen molar-refractivity contribution in [2.45, 2.75) is 249 Å². The summed E-state index contributed by atoms with van der Waals surface area (Å²) < 4.78 is 43.7. The fourth-order valence-corrected chi connectivity index (χ4v) is 21.5. The number of likely N-dealkylation sites (N-methyl/N-ethyl adjacent to an activating group) is 3. The van der Waals surface area contributed by atoms with Crippen molar-refractivity contribution in [1.29, 1.82) is 0 Å². The zero-order valence-electron chi connectivity index (χ0n) is 80.6. The normalized spacial score (nSPS) is 23.4. The van der Waals surface area contributed by atoms with Gasteiger partial charge in [0.05, 0.1) is 57.0 Å². The highest BCUT2D eigenvalue weighted by atomic mass is 79.9. The summed E-state index contributed by atoms with van der Waals surface area (Å²) in [5.41, 5.74) is 41.4. The summed E-state index contributed by atoms with van der Waals surface area (Å²) in [5.74, 6) is -2.47. The Morgan fingerprint density at radius 3 is 1.28 bits per heavy atom. The van der Waals surface area contributed by atoms with Gasteiger partial charge in [-0.1, -0.05) is 119 Å². The number of guanidine groups is 5. The van der Waals surface area contributed by atoms with Crippen LogP contribution in [0.1, 0.15) is 205 Å². The standard InChI is InChI=1S/2C26H39N5O2Si.C18H18BrF2N3OS.C15H16N6O.C12H17N3OS/c2*1-17-22(18(2)31(29-17)16-33-14-15-34(5,6)7)26(3)23(24(32)30(4)25(27)28-26)21-12-10-20(11-13-21)19-8-9-19;1-17(12-8-13(19)26-9-12)14(15(25)24(3)16(22)23-17)10-4-6-11(7-5-10)18(2,20)21;1-15(6-13(22)21(2)14(16)20-15)11-3-4-19-12(5-11)10-7-17-9-18-8-10;1-4-8-5-9(17-7-8)12(2)6-10(16)15(3)11(13)14-12/h2*10-13,19,23H,8-9,14-16H2,1-7H3,(H2,27,28);4-9,14H,1-3H3,(H2,22,23);3-5,7-9H,6H2,1-2H3,(H2,16,20);5,7H,4,6H2,1-3H3,(H2,13,14)/t23-,26+;23-,26-;14?,17-;15-;12-/m01100/s1. The average Bonchev–Trinajstić information content (AvgIpc) is 1.66. The molecule has 5 amide bonds. The molecule has 3 aromatic carbocycles. The SMILES string of the molecule is CCc1csc([C@]2(C)CC(=O)N(C)C(N)=N2)c1.CN1C(=O)C(c2ccc(C(C)(F)F)cc2)[C@@](C)(c2csc(Br)c2)N=C1N.CN1C(=O)C[C@@](C)(c2ccnc(-c3cncnc3)c2)N=C1N.Cc1nn(COCC[Si](C)(C)C)c(C)c1[C@@]1(C)N=C(N)N(C)C(=O)[C@@H]1c1ccc(C2CC2)cc1.Cc1nn(COCC[Si](C)(C)C)c(C)c1[C@@]1(C)N=C(N)N(C)C(=O)[C@H]1c1ccc(C2CC2)cc1. The lowest BCUT2D eigenvalue weighted by molar-refractivity contribution is -0.131. The second kappa shape index (κ2) is 40.0. The maximum absolute atomic E-state index is 13.6. The Kier molecular flexibility index (Phi) is 30.4. The number of halogens is 3. The van der Waals surface area contributed by atoms with Gasteiger partial charge in [-0.05, 0) is 214 Å². The Labute approximate surface area is 797 Å². The average molecular weight is 1950 g/mol. The molecule has 0 bridgehead atoms. The van der Waals surface area contributed by atoms with Gasteiger partial charge in [-0.15, -0.1) is 22.7 Å². The van der Waals surface area contributed by atoms with Crippen LogP contribution in [0.3, 0.4) is 0 Å². The van der Waals surface area contributed by atoms with E-state index in [1.807, 2.05) is 95.3 Å². The van der Waals surface area contributed by atoms with Crippen molar-refractivity contribution in [3.05, 3.63) is 225 Å². The first kappa shape index (κ1) is 101. The zero-order valence-corrected chi connectivity index (χ0v) is 85.8. The summed E-state index contributed by atoms with van der Waals surface area (Å²) in [6, 6.07) is 32.9. The number of ether oxygens (including phenoxy) is 2. The number of thiophene rings is 2. The van der Waals surface area contributed by atoms with E-state index in [9.17, 15) is 32.8 Å². The smallest absolute Gasteiger partial charge is 0.270 e. The first-order valence-corrected chi connectivity index (χ1v) is 54.9. The Morgan fingerprint density at radius 2 is 0.895 bits per heavy atom. The molecule has 0 saturated heterocycles. The number of hydrogen-bond acceptors (Lipinski definition) is 24. The fourth-order valence-electron chi connectivity index (χ4n) is 17.6. The number of aromatic nitrogens is 7. The highest BCUT2D eigenvalue weighted by Crippen LogP contribution is 2.52. The lowest BCUT2D eigenvalue weighted by atomic mass is 9.73. The minimum atomic E-state index is -2.93. The van der Waals surface area contributed by atoms with Crippen molar-refractivity contribution in [2.24, 2.45) is 53.6 Å². The number of amides is 5.